The molecule has 4 heteroatoms. The maximum Gasteiger partial charge on any atom is 0.122 e. The van der Waals surface area contributed by atoms with Gasteiger partial charge in [0.1, 0.15) is 5.75 Å². The van der Waals surface area contributed by atoms with Gasteiger partial charge in [0.2, 0.25) is 0 Å². The largest absolute Gasteiger partial charge is 0.496 e. The maximum absolute atomic E-state index is 5.45. The van der Waals surface area contributed by atoms with Crippen LogP contribution in [0.25, 0.3) is 0 Å². The number of aryl methyl sites for hydroxylation is 2. The lowest BCUT2D eigenvalue weighted by Gasteiger charge is -2.19. The molecule has 0 saturated heterocycles. The smallest absolute Gasteiger partial charge is 0.122 e. The Labute approximate surface area is 133 Å². The summed E-state index contributed by atoms with van der Waals surface area (Å²) in [5.74, 6) is 0.940. The number of hydrogen-bond donors (Lipinski definition) is 1. The van der Waals surface area contributed by atoms with E-state index < -0.39 is 0 Å². The topological polar surface area (TPSA) is 21.3 Å². The molecule has 1 unspecified atom stereocenters. The summed E-state index contributed by atoms with van der Waals surface area (Å²) in [7, 11) is 1.72. The molecule has 0 aliphatic heterocycles. The van der Waals surface area contributed by atoms with Crippen molar-refractivity contribution in [3.05, 3.63) is 49.6 Å². The summed E-state index contributed by atoms with van der Waals surface area (Å²) in [4.78, 5) is 2.63. The molecule has 20 heavy (non-hydrogen) atoms. The van der Waals surface area contributed by atoms with Gasteiger partial charge in [0.05, 0.1) is 13.2 Å². The standard InChI is InChI=1S/C16H20BrNOS/c1-5-18-15(16-13(17)8-11(3)20-16)12-7-6-10(2)14(9-12)19-4/h6-9,15,18H,5H2,1-4H3. The van der Waals surface area contributed by atoms with E-state index >= 15 is 0 Å². The molecule has 1 aromatic heterocycles. The zero-order valence-corrected chi connectivity index (χ0v) is 14.7. The van der Waals surface area contributed by atoms with E-state index in [-0.39, 0.29) is 6.04 Å². The van der Waals surface area contributed by atoms with E-state index in [0.29, 0.717) is 0 Å². The summed E-state index contributed by atoms with van der Waals surface area (Å²) in [6.45, 7) is 7.25. The van der Waals surface area contributed by atoms with Crippen LogP contribution in [-0.2, 0) is 0 Å². The van der Waals surface area contributed by atoms with Crippen LogP contribution in [0.4, 0.5) is 0 Å². The van der Waals surface area contributed by atoms with Crippen LogP contribution in [0.1, 0.15) is 33.8 Å². The van der Waals surface area contributed by atoms with E-state index in [1.165, 1.54) is 19.8 Å². The number of rotatable bonds is 5. The molecule has 2 aromatic rings. The number of benzene rings is 1. The van der Waals surface area contributed by atoms with Crippen LogP contribution in [0.5, 0.6) is 5.75 Å². The lowest BCUT2D eigenvalue weighted by Crippen LogP contribution is -2.21. The third kappa shape index (κ3) is 3.25. The van der Waals surface area contributed by atoms with Crippen LogP contribution in [0, 0.1) is 13.8 Å². The van der Waals surface area contributed by atoms with Gasteiger partial charge >= 0.3 is 0 Å². The molecule has 108 valence electrons. The van der Waals surface area contributed by atoms with Gasteiger partial charge < -0.3 is 10.1 Å². The van der Waals surface area contributed by atoms with Gasteiger partial charge in [-0.15, -0.1) is 11.3 Å². The molecule has 0 saturated carbocycles. The minimum absolute atomic E-state index is 0.197. The maximum atomic E-state index is 5.45. The fourth-order valence-electron chi connectivity index (χ4n) is 2.28. The molecule has 1 N–H and O–H groups in total. The van der Waals surface area contributed by atoms with Crippen molar-refractivity contribution in [1.29, 1.82) is 0 Å². The Morgan fingerprint density at radius 3 is 2.60 bits per heavy atom. The molecule has 2 rings (SSSR count). The molecule has 0 spiro atoms. The van der Waals surface area contributed by atoms with E-state index in [0.717, 1.165) is 17.9 Å². The van der Waals surface area contributed by atoms with Gasteiger partial charge in [-0.2, -0.15) is 0 Å². The predicted molar refractivity (Wildman–Crippen MR) is 90.0 cm³/mol. The Hall–Kier alpha value is -0.840. The zero-order valence-electron chi connectivity index (χ0n) is 12.3. The first-order valence-electron chi connectivity index (χ1n) is 6.70. The third-order valence-corrected chi connectivity index (χ3v) is 5.31. The first-order chi connectivity index (χ1) is 9.56. The monoisotopic (exact) mass is 353 g/mol. The highest BCUT2D eigenvalue weighted by molar-refractivity contribution is 9.10. The molecule has 1 aromatic carbocycles. The first kappa shape index (κ1) is 15.5. The average molecular weight is 354 g/mol. The second-order valence-corrected chi connectivity index (χ2v) is 6.93. The lowest BCUT2D eigenvalue weighted by atomic mass is 10.0. The normalized spacial score (nSPS) is 12.4. The third-order valence-electron chi connectivity index (χ3n) is 3.27. The van der Waals surface area contributed by atoms with Crippen molar-refractivity contribution in [2.24, 2.45) is 0 Å². The molecule has 1 heterocycles. The quantitative estimate of drug-likeness (QED) is 0.830. The first-order valence-corrected chi connectivity index (χ1v) is 8.31. The molecular formula is C16H20BrNOS. The van der Waals surface area contributed by atoms with Gasteiger partial charge in [0.25, 0.3) is 0 Å². The van der Waals surface area contributed by atoms with Crippen LogP contribution in [-0.4, -0.2) is 13.7 Å². The summed E-state index contributed by atoms with van der Waals surface area (Å²) in [5.41, 5.74) is 2.39. The molecule has 0 amide bonds. The number of ether oxygens (including phenoxy) is 1. The molecule has 2 nitrogen and oxygen atoms in total. The van der Waals surface area contributed by atoms with Gasteiger partial charge in [0.15, 0.2) is 0 Å². The summed E-state index contributed by atoms with van der Waals surface area (Å²) >= 11 is 5.50. The Bertz CT molecular complexity index is 594. The fourth-order valence-corrected chi connectivity index (χ4v) is 4.26. The predicted octanol–water partition coefficient (Wildman–Crippen LogP) is 4.83. The van der Waals surface area contributed by atoms with Gasteiger partial charge in [-0.25, -0.2) is 0 Å². The van der Waals surface area contributed by atoms with E-state index in [9.17, 15) is 0 Å². The number of thiophene rings is 1. The summed E-state index contributed by atoms with van der Waals surface area (Å²) in [6, 6.07) is 8.79. The second kappa shape index (κ2) is 6.74. The van der Waals surface area contributed by atoms with Gasteiger partial charge in [-0.05, 0) is 59.6 Å². The minimum atomic E-state index is 0.197. The lowest BCUT2D eigenvalue weighted by molar-refractivity contribution is 0.410. The molecule has 0 bridgehead atoms. The van der Waals surface area contributed by atoms with Crippen LogP contribution in [0.3, 0.4) is 0 Å². The van der Waals surface area contributed by atoms with Crippen molar-refractivity contribution < 1.29 is 4.74 Å². The summed E-state index contributed by atoms with van der Waals surface area (Å²) < 4.78 is 6.62. The minimum Gasteiger partial charge on any atom is -0.496 e. The van der Waals surface area contributed by atoms with Crippen molar-refractivity contribution in [3.8, 4) is 5.75 Å². The Morgan fingerprint density at radius 1 is 1.30 bits per heavy atom. The van der Waals surface area contributed by atoms with E-state index in [1.807, 2.05) is 11.3 Å². The zero-order chi connectivity index (χ0) is 14.7. The fraction of sp³-hybridized carbons (Fsp3) is 0.375. The Kier molecular flexibility index (Phi) is 5.24. The van der Waals surface area contributed by atoms with Crippen molar-refractivity contribution in [2.75, 3.05) is 13.7 Å². The van der Waals surface area contributed by atoms with Crippen molar-refractivity contribution in [2.45, 2.75) is 26.8 Å². The molecule has 0 aliphatic rings. The van der Waals surface area contributed by atoms with Gasteiger partial charge in [-0.1, -0.05) is 19.1 Å². The van der Waals surface area contributed by atoms with E-state index in [2.05, 4.69) is 66.3 Å². The average Bonchev–Trinajstić information content (AvgIpc) is 2.75. The van der Waals surface area contributed by atoms with Crippen LogP contribution >= 0.6 is 27.3 Å². The number of nitrogens with one attached hydrogen (secondary N) is 1. The highest BCUT2D eigenvalue weighted by atomic mass is 79.9. The number of methoxy groups -OCH3 is 1. The molecular weight excluding hydrogens is 334 g/mol. The highest BCUT2D eigenvalue weighted by Crippen LogP contribution is 2.36. The molecule has 0 radical (unpaired) electrons. The SMILES string of the molecule is CCNC(c1ccc(C)c(OC)c1)c1sc(C)cc1Br. The second-order valence-electron chi connectivity index (χ2n) is 4.79. The highest BCUT2D eigenvalue weighted by Gasteiger charge is 2.19. The van der Waals surface area contributed by atoms with Crippen LogP contribution in [0.15, 0.2) is 28.7 Å². The molecule has 0 aliphatic carbocycles. The number of halogens is 1. The van der Waals surface area contributed by atoms with Crippen LogP contribution < -0.4 is 10.1 Å². The van der Waals surface area contributed by atoms with E-state index in [4.69, 9.17) is 4.74 Å². The molecule has 0 fully saturated rings. The Balaban J connectivity index is 2.45. The summed E-state index contributed by atoms with van der Waals surface area (Å²) in [5, 5.41) is 3.56. The van der Waals surface area contributed by atoms with Crippen molar-refractivity contribution in [1.82, 2.24) is 5.32 Å². The van der Waals surface area contributed by atoms with Gasteiger partial charge in [-0.3, -0.25) is 0 Å². The molecule has 1 atom stereocenters. The summed E-state index contributed by atoms with van der Waals surface area (Å²) in [6.07, 6.45) is 0. The van der Waals surface area contributed by atoms with Gasteiger partial charge in [0, 0.05) is 14.2 Å². The Morgan fingerprint density at radius 2 is 2.05 bits per heavy atom. The van der Waals surface area contributed by atoms with Crippen molar-refractivity contribution >= 4 is 27.3 Å². The van der Waals surface area contributed by atoms with Crippen LogP contribution in [0.2, 0.25) is 0 Å². The van der Waals surface area contributed by atoms with E-state index in [1.54, 1.807) is 7.11 Å². The van der Waals surface area contributed by atoms with Crippen molar-refractivity contribution in [3.63, 3.8) is 0 Å². The number of hydrogen-bond acceptors (Lipinski definition) is 3.